The standard InChI is InChI=1S/C35H37F7O6/c1-3-4-5-6-8-24(2)47-31(43)27-11-9-25(10-12-27)26-13-19-30(20-14-26)48-32(44)28-15-17-29(18-16-28)46-22-7-21-45-23-33(36,37)34(38,39)35(40,41)42/h9-20,24H,3-8,21-23H2,1-2H3. The van der Waals surface area contributed by atoms with Gasteiger partial charge in [0.2, 0.25) is 0 Å². The van der Waals surface area contributed by atoms with Crippen LogP contribution in [0.3, 0.4) is 0 Å². The van der Waals surface area contributed by atoms with E-state index in [1.807, 2.05) is 6.92 Å². The van der Waals surface area contributed by atoms with Gasteiger partial charge in [0.05, 0.1) is 30.4 Å². The quantitative estimate of drug-likeness (QED) is 0.0575. The van der Waals surface area contributed by atoms with Crippen molar-refractivity contribution in [1.29, 1.82) is 0 Å². The minimum absolute atomic E-state index is 0.0807. The molecule has 1 unspecified atom stereocenters. The summed E-state index contributed by atoms with van der Waals surface area (Å²) in [4.78, 5) is 25.1. The third-order valence-electron chi connectivity index (χ3n) is 7.18. The van der Waals surface area contributed by atoms with Gasteiger partial charge in [-0.05, 0) is 79.4 Å². The highest BCUT2D eigenvalue weighted by Crippen LogP contribution is 2.46. The van der Waals surface area contributed by atoms with E-state index in [1.54, 1.807) is 48.5 Å². The van der Waals surface area contributed by atoms with Crippen LogP contribution in [0.15, 0.2) is 72.8 Å². The van der Waals surface area contributed by atoms with Crippen LogP contribution in [0, 0.1) is 0 Å². The van der Waals surface area contributed by atoms with Crippen molar-refractivity contribution in [3.05, 3.63) is 83.9 Å². The number of unbranched alkanes of at least 4 members (excludes halogenated alkanes) is 3. The van der Waals surface area contributed by atoms with E-state index in [9.17, 15) is 40.3 Å². The Labute approximate surface area is 274 Å². The van der Waals surface area contributed by atoms with Gasteiger partial charge in [-0.3, -0.25) is 0 Å². The summed E-state index contributed by atoms with van der Waals surface area (Å²) in [6.07, 6.45) is -1.38. The Morgan fingerprint density at radius 3 is 1.79 bits per heavy atom. The zero-order chi connectivity index (χ0) is 35.4. The normalized spacial score (nSPS) is 12.8. The maximum absolute atomic E-state index is 13.2. The minimum Gasteiger partial charge on any atom is -0.494 e. The number of ether oxygens (including phenoxy) is 4. The molecule has 3 aromatic rings. The van der Waals surface area contributed by atoms with Crippen LogP contribution in [0.5, 0.6) is 11.5 Å². The first-order valence-electron chi connectivity index (χ1n) is 15.4. The van der Waals surface area contributed by atoms with Crippen LogP contribution in [0.2, 0.25) is 0 Å². The van der Waals surface area contributed by atoms with Gasteiger partial charge in [0.15, 0.2) is 0 Å². The molecule has 48 heavy (non-hydrogen) atoms. The van der Waals surface area contributed by atoms with Gasteiger partial charge in [-0.1, -0.05) is 50.5 Å². The molecule has 13 heteroatoms. The summed E-state index contributed by atoms with van der Waals surface area (Å²) in [5.41, 5.74) is 2.33. The largest absolute Gasteiger partial charge is 0.494 e. The maximum Gasteiger partial charge on any atom is 0.459 e. The highest BCUT2D eigenvalue weighted by atomic mass is 19.4. The molecule has 0 aromatic heterocycles. The van der Waals surface area contributed by atoms with Crippen molar-refractivity contribution < 1.29 is 59.3 Å². The second-order valence-electron chi connectivity index (χ2n) is 11.1. The molecule has 6 nitrogen and oxygen atoms in total. The highest BCUT2D eigenvalue weighted by molar-refractivity contribution is 5.91. The summed E-state index contributed by atoms with van der Waals surface area (Å²) in [5.74, 6) is -12.1. The van der Waals surface area contributed by atoms with E-state index in [4.69, 9.17) is 14.2 Å². The summed E-state index contributed by atoms with van der Waals surface area (Å²) in [7, 11) is 0. The van der Waals surface area contributed by atoms with Crippen molar-refractivity contribution in [3.8, 4) is 22.6 Å². The lowest BCUT2D eigenvalue weighted by molar-refractivity contribution is -0.361. The third-order valence-corrected chi connectivity index (χ3v) is 7.18. The van der Waals surface area contributed by atoms with E-state index in [0.29, 0.717) is 5.56 Å². The molecule has 0 amide bonds. The zero-order valence-electron chi connectivity index (χ0n) is 26.5. The summed E-state index contributed by atoms with van der Waals surface area (Å²) in [6.45, 7) is 1.26. The second kappa shape index (κ2) is 17.3. The Kier molecular flexibility index (Phi) is 13.8. The number of carbonyl (C=O) groups excluding carboxylic acids is 2. The molecule has 0 bridgehead atoms. The molecule has 0 aliphatic carbocycles. The Hall–Kier alpha value is -4.13. The van der Waals surface area contributed by atoms with E-state index in [0.717, 1.165) is 36.8 Å². The number of hydrogen-bond donors (Lipinski definition) is 0. The highest BCUT2D eigenvalue weighted by Gasteiger charge is 2.72. The van der Waals surface area contributed by atoms with Crippen molar-refractivity contribution in [2.75, 3.05) is 19.8 Å². The number of benzene rings is 3. The summed E-state index contributed by atoms with van der Waals surface area (Å²) in [6, 6.07) is 19.5. The van der Waals surface area contributed by atoms with Gasteiger partial charge in [0.25, 0.3) is 0 Å². The van der Waals surface area contributed by atoms with E-state index in [1.165, 1.54) is 30.7 Å². The van der Waals surface area contributed by atoms with Crippen molar-refractivity contribution in [2.45, 2.75) is 76.5 Å². The van der Waals surface area contributed by atoms with Crippen molar-refractivity contribution >= 4 is 11.9 Å². The smallest absolute Gasteiger partial charge is 0.459 e. The lowest BCUT2D eigenvalue weighted by Crippen LogP contribution is -2.54. The molecule has 3 rings (SSSR count). The molecule has 0 heterocycles. The Morgan fingerprint density at radius 2 is 1.21 bits per heavy atom. The van der Waals surface area contributed by atoms with E-state index in [2.05, 4.69) is 11.7 Å². The Balaban J connectivity index is 1.41. The number of halogens is 7. The van der Waals surface area contributed by atoms with Crippen molar-refractivity contribution in [1.82, 2.24) is 0 Å². The topological polar surface area (TPSA) is 71.1 Å². The average Bonchev–Trinajstić information content (AvgIpc) is 3.04. The number of hydrogen-bond acceptors (Lipinski definition) is 6. The summed E-state index contributed by atoms with van der Waals surface area (Å²) in [5, 5.41) is 0. The molecule has 0 fully saturated rings. The maximum atomic E-state index is 13.2. The molecule has 1 atom stereocenters. The molecular formula is C35H37F7O6. The molecule has 0 aliphatic heterocycles. The van der Waals surface area contributed by atoms with Gasteiger partial charge in [0, 0.05) is 6.42 Å². The molecule has 0 aliphatic rings. The van der Waals surface area contributed by atoms with Crippen LogP contribution < -0.4 is 9.47 Å². The molecule has 0 saturated carbocycles. The summed E-state index contributed by atoms with van der Waals surface area (Å²) >= 11 is 0. The van der Waals surface area contributed by atoms with Gasteiger partial charge < -0.3 is 18.9 Å². The van der Waals surface area contributed by atoms with Gasteiger partial charge in [-0.15, -0.1) is 0 Å². The lowest BCUT2D eigenvalue weighted by atomic mass is 10.0. The number of carbonyl (C=O) groups is 2. The first-order valence-corrected chi connectivity index (χ1v) is 15.4. The van der Waals surface area contributed by atoms with Crippen LogP contribution in [-0.4, -0.2) is 55.9 Å². The van der Waals surface area contributed by atoms with Gasteiger partial charge in [-0.2, -0.15) is 30.7 Å². The predicted octanol–water partition coefficient (Wildman–Crippen LogP) is 9.71. The molecule has 0 N–H and O–H groups in total. The van der Waals surface area contributed by atoms with Crippen LogP contribution in [0.1, 0.15) is 73.1 Å². The number of alkyl halides is 7. The van der Waals surface area contributed by atoms with Crippen molar-refractivity contribution in [2.24, 2.45) is 0 Å². The van der Waals surface area contributed by atoms with Crippen molar-refractivity contribution in [3.63, 3.8) is 0 Å². The van der Waals surface area contributed by atoms with Gasteiger partial charge in [-0.25, -0.2) is 9.59 Å². The molecule has 3 aromatic carbocycles. The minimum atomic E-state index is -6.41. The van der Waals surface area contributed by atoms with E-state index in [-0.39, 0.29) is 42.2 Å². The first kappa shape index (κ1) is 38.3. The molecule has 262 valence electrons. The Bertz CT molecular complexity index is 1440. The first-order chi connectivity index (χ1) is 22.6. The fourth-order valence-corrected chi connectivity index (χ4v) is 4.39. The van der Waals surface area contributed by atoms with Crippen LogP contribution in [0.25, 0.3) is 11.1 Å². The second-order valence-corrected chi connectivity index (χ2v) is 11.1. The monoisotopic (exact) mass is 686 g/mol. The average molecular weight is 687 g/mol. The predicted molar refractivity (Wildman–Crippen MR) is 164 cm³/mol. The number of rotatable bonds is 18. The van der Waals surface area contributed by atoms with Crippen LogP contribution in [-0.2, 0) is 9.47 Å². The van der Waals surface area contributed by atoms with E-state index >= 15 is 0 Å². The molecule has 0 spiro atoms. The van der Waals surface area contributed by atoms with Crippen LogP contribution >= 0.6 is 0 Å². The molecule has 0 radical (unpaired) electrons. The zero-order valence-corrected chi connectivity index (χ0v) is 26.5. The SMILES string of the molecule is CCCCCCC(C)OC(=O)c1ccc(-c2ccc(OC(=O)c3ccc(OCCCOCC(F)(F)C(F)(F)C(F)(F)F)cc3)cc2)cc1. The fraction of sp³-hybridized carbons (Fsp3) is 0.429. The molecule has 0 saturated heterocycles. The van der Waals surface area contributed by atoms with Gasteiger partial charge in [0.1, 0.15) is 18.1 Å². The number of esters is 2. The third kappa shape index (κ3) is 11.0. The van der Waals surface area contributed by atoms with Gasteiger partial charge >= 0.3 is 30.0 Å². The Morgan fingerprint density at radius 1 is 0.667 bits per heavy atom. The van der Waals surface area contributed by atoms with E-state index < -0.39 is 37.2 Å². The lowest BCUT2D eigenvalue weighted by Gasteiger charge is -2.27. The van der Waals surface area contributed by atoms with Crippen LogP contribution in [0.4, 0.5) is 30.7 Å². The summed E-state index contributed by atoms with van der Waals surface area (Å²) < 4.78 is 109. The molecular weight excluding hydrogens is 649 g/mol. The fourth-order valence-electron chi connectivity index (χ4n) is 4.39.